The van der Waals surface area contributed by atoms with Gasteiger partial charge in [0.2, 0.25) is 0 Å². The van der Waals surface area contributed by atoms with E-state index in [2.05, 4.69) is 33.7 Å². The molecule has 0 aliphatic heterocycles. The lowest BCUT2D eigenvalue weighted by Gasteiger charge is -2.10. The maximum atomic E-state index is 5.24. The molecule has 1 N–H and O–H groups in total. The number of rotatable bonds is 4. The summed E-state index contributed by atoms with van der Waals surface area (Å²) in [4.78, 5) is 0. The van der Waals surface area contributed by atoms with E-state index in [0.29, 0.717) is 6.54 Å². The SMILES string of the molecule is COc1cccc(CNc2nnc(C)c3ccccc23)c1. The second kappa shape index (κ2) is 5.79. The molecule has 0 fully saturated rings. The third kappa shape index (κ3) is 2.79. The molecule has 0 atom stereocenters. The van der Waals surface area contributed by atoms with E-state index in [1.807, 2.05) is 37.3 Å². The summed E-state index contributed by atoms with van der Waals surface area (Å²) in [7, 11) is 1.67. The minimum Gasteiger partial charge on any atom is -0.497 e. The molecule has 0 unspecified atom stereocenters. The first-order valence-corrected chi connectivity index (χ1v) is 6.87. The number of anilines is 1. The van der Waals surface area contributed by atoms with Crippen LogP contribution in [-0.2, 0) is 6.54 Å². The van der Waals surface area contributed by atoms with Gasteiger partial charge >= 0.3 is 0 Å². The molecule has 0 spiro atoms. The molecule has 0 aliphatic carbocycles. The third-order valence-corrected chi connectivity index (χ3v) is 3.47. The van der Waals surface area contributed by atoms with Crippen LogP contribution in [0.3, 0.4) is 0 Å². The molecule has 0 bridgehead atoms. The molecule has 21 heavy (non-hydrogen) atoms. The van der Waals surface area contributed by atoms with Crippen molar-refractivity contribution in [3.63, 3.8) is 0 Å². The van der Waals surface area contributed by atoms with Crippen LogP contribution in [0.2, 0.25) is 0 Å². The van der Waals surface area contributed by atoms with E-state index < -0.39 is 0 Å². The number of aromatic nitrogens is 2. The molecule has 0 aliphatic rings. The second-order valence-corrected chi connectivity index (χ2v) is 4.88. The van der Waals surface area contributed by atoms with Crippen LogP contribution in [-0.4, -0.2) is 17.3 Å². The minimum atomic E-state index is 0.679. The predicted octanol–water partition coefficient (Wildman–Crippen LogP) is 3.56. The average Bonchev–Trinajstić information content (AvgIpc) is 2.55. The summed E-state index contributed by atoms with van der Waals surface area (Å²) in [6, 6.07) is 16.1. The van der Waals surface area contributed by atoms with E-state index in [4.69, 9.17) is 4.74 Å². The van der Waals surface area contributed by atoms with Crippen molar-refractivity contribution in [3.05, 3.63) is 59.8 Å². The molecule has 0 amide bonds. The maximum absolute atomic E-state index is 5.24. The molecule has 0 radical (unpaired) electrons. The molecule has 4 nitrogen and oxygen atoms in total. The fraction of sp³-hybridized carbons (Fsp3) is 0.176. The summed E-state index contributed by atoms with van der Waals surface area (Å²) < 4.78 is 5.24. The molecular formula is C17H17N3O. The Hall–Kier alpha value is -2.62. The fourth-order valence-corrected chi connectivity index (χ4v) is 2.34. The van der Waals surface area contributed by atoms with Crippen LogP contribution < -0.4 is 10.1 Å². The Morgan fingerprint density at radius 1 is 1.00 bits per heavy atom. The van der Waals surface area contributed by atoms with Crippen LogP contribution in [0.15, 0.2) is 48.5 Å². The highest BCUT2D eigenvalue weighted by atomic mass is 16.5. The number of hydrogen-bond donors (Lipinski definition) is 1. The van der Waals surface area contributed by atoms with Crippen molar-refractivity contribution in [2.75, 3.05) is 12.4 Å². The zero-order valence-electron chi connectivity index (χ0n) is 12.1. The molecule has 106 valence electrons. The van der Waals surface area contributed by atoms with Gasteiger partial charge in [-0.25, -0.2) is 0 Å². The smallest absolute Gasteiger partial charge is 0.156 e. The van der Waals surface area contributed by atoms with E-state index >= 15 is 0 Å². The summed E-state index contributed by atoms with van der Waals surface area (Å²) in [6.45, 7) is 2.65. The number of benzene rings is 2. The Labute approximate surface area is 123 Å². The van der Waals surface area contributed by atoms with Crippen molar-refractivity contribution in [1.82, 2.24) is 10.2 Å². The van der Waals surface area contributed by atoms with Crippen LogP contribution >= 0.6 is 0 Å². The molecule has 3 aromatic rings. The van der Waals surface area contributed by atoms with E-state index in [-0.39, 0.29) is 0 Å². The number of ether oxygens (including phenoxy) is 1. The van der Waals surface area contributed by atoms with Crippen molar-refractivity contribution in [1.29, 1.82) is 0 Å². The van der Waals surface area contributed by atoms with E-state index in [1.165, 1.54) is 0 Å². The fourth-order valence-electron chi connectivity index (χ4n) is 2.34. The lowest BCUT2D eigenvalue weighted by molar-refractivity contribution is 0.414. The first-order valence-electron chi connectivity index (χ1n) is 6.87. The Morgan fingerprint density at radius 2 is 1.81 bits per heavy atom. The van der Waals surface area contributed by atoms with Crippen molar-refractivity contribution in [2.24, 2.45) is 0 Å². The number of nitrogens with zero attached hydrogens (tertiary/aromatic N) is 2. The van der Waals surface area contributed by atoms with Crippen molar-refractivity contribution < 1.29 is 4.74 Å². The first kappa shape index (κ1) is 13.4. The van der Waals surface area contributed by atoms with Crippen LogP contribution in [0.25, 0.3) is 10.8 Å². The first-order chi connectivity index (χ1) is 10.3. The van der Waals surface area contributed by atoms with Gasteiger partial charge in [-0.3, -0.25) is 0 Å². The van der Waals surface area contributed by atoms with Crippen LogP contribution in [0.4, 0.5) is 5.82 Å². The summed E-state index contributed by atoms with van der Waals surface area (Å²) in [6.07, 6.45) is 0. The van der Waals surface area contributed by atoms with Crippen LogP contribution in [0.1, 0.15) is 11.3 Å². The number of hydrogen-bond acceptors (Lipinski definition) is 4. The zero-order valence-corrected chi connectivity index (χ0v) is 12.1. The monoisotopic (exact) mass is 279 g/mol. The molecular weight excluding hydrogens is 262 g/mol. The Bertz CT molecular complexity index is 771. The normalized spacial score (nSPS) is 10.6. The average molecular weight is 279 g/mol. The second-order valence-electron chi connectivity index (χ2n) is 4.88. The van der Waals surface area contributed by atoms with Crippen LogP contribution in [0.5, 0.6) is 5.75 Å². The summed E-state index contributed by atoms with van der Waals surface area (Å²) in [5, 5.41) is 14.1. The highest BCUT2D eigenvalue weighted by Gasteiger charge is 2.06. The van der Waals surface area contributed by atoms with Gasteiger partial charge in [-0.1, -0.05) is 36.4 Å². The lowest BCUT2D eigenvalue weighted by Crippen LogP contribution is -2.04. The number of methoxy groups -OCH3 is 1. The van der Waals surface area contributed by atoms with Gasteiger partial charge in [0.05, 0.1) is 12.8 Å². The summed E-state index contributed by atoms with van der Waals surface area (Å²) >= 11 is 0. The topological polar surface area (TPSA) is 47.0 Å². The Balaban J connectivity index is 1.87. The lowest BCUT2D eigenvalue weighted by atomic mass is 10.1. The van der Waals surface area contributed by atoms with Gasteiger partial charge in [0.25, 0.3) is 0 Å². The summed E-state index contributed by atoms with van der Waals surface area (Å²) in [5.41, 5.74) is 2.08. The Morgan fingerprint density at radius 3 is 2.62 bits per heavy atom. The van der Waals surface area contributed by atoms with Gasteiger partial charge in [-0.2, -0.15) is 5.10 Å². The van der Waals surface area contributed by atoms with Crippen LogP contribution in [0, 0.1) is 6.92 Å². The van der Waals surface area contributed by atoms with Crippen molar-refractivity contribution in [2.45, 2.75) is 13.5 Å². The quantitative estimate of drug-likeness (QED) is 0.793. The highest BCUT2D eigenvalue weighted by Crippen LogP contribution is 2.23. The van der Waals surface area contributed by atoms with Gasteiger partial charge in [0, 0.05) is 17.3 Å². The Kier molecular flexibility index (Phi) is 3.69. The molecule has 3 rings (SSSR count). The van der Waals surface area contributed by atoms with Gasteiger partial charge in [0.15, 0.2) is 5.82 Å². The zero-order chi connectivity index (χ0) is 14.7. The maximum Gasteiger partial charge on any atom is 0.156 e. The minimum absolute atomic E-state index is 0.679. The molecule has 0 saturated heterocycles. The summed E-state index contributed by atoms with van der Waals surface area (Å²) in [5.74, 6) is 1.66. The van der Waals surface area contributed by atoms with Crippen molar-refractivity contribution >= 4 is 16.6 Å². The number of nitrogens with one attached hydrogen (secondary N) is 1. The molecule has 4 heteroatoms. The molecule has 2 aromatic carbocycles. The highest BCUT2D eigenvalue weighted by molar-refractivity contribution is 5.92. The van der Waals surface area contributed by atoms with E-state index in [0.717, 1.165) is 33.6 Å². The van der Waals surface area contributed by atoms with Crippen molar-refractivity contribution in [3.8, 4) is 5.75 Å². The number of fused-ring (bicyclic) bond motifs is 1. The molecule has 1 heterocycles. The van der Waals surface area contributed by atoms with Gasteiger partial charge in [-0.05, 0) is 24.6 Å². The van der Waals surface area contributed by atoms with Gasteiger partial charge in [0.1, 0.15) is 5.75 Å². The van der Waals surface area contributed by atoms with E-state index in [1.54, 1.807) is 7.11 Å². The van der Waals surface area contributed by atoms with Gasteiger partial charge < -0.3 is 10.1 Å². The molecule has 0 saturated carbocycles. The predicted molar refractivity (Wildman–Crippen MR) is 84.6 cm³/mol. The number of aryl methyl sites for hydroxylation is 1. The third-order valence-electron chi connectivity index (χ3n) is 3.47. The standard InChI is InChI=1S/C17H17N3O/c1-12-15-8-3-4-9-16(15)17(20-19-12)18-11-13-6-5-7-14(10-13)21-2/h3-10H,11H2,1-2H3,(H,18,20). The molecule has 1 aromatic heterocycles. The van der Waals surface area contributed by atoms with Gasteiger partial charge in [-0.15, -0.1) is 5.10 Å². The van der Waals surface area contributed by atoms with E-state index in [9.17, 15) is 0 Å². The largest absolute Gasteiger partial charge is 0.497 e.